The average Bonchev–Trinajstić information content (AvgIpc) is 3.36. The highest BCUT2D eigenvalue weighted by atomic mass is 32.2. The molecule has 1 saturated heterocycles. The fraction of sp³-hybridized carbons (Fsp3) is 0.552. The van der Waals surface area contributed by atoms with Crippen molar-refractivity contribution in [1.29, 1.82) is 0 Å². The molecule has 1 aliphatic carbocycles. The third-order valence-electron chi connectivity index (χ3n) is 7.85. The van der Waals surface area contributed by atoms with Crippen LogP contribution in [0.2, 0.25) is 0 Å². The van der Waals surface area contributed by atoms with E-state index in [0.29, 0.717) is 31.1 Å². The zero-order valence-corrected chi connectivity index (χ0v) is 24.1. The van der Waals surface area contributed by atoms with Crippen LogP contribution in [0.3, 0.4) is 0 Å². The topological polar surface area (TPSA) is 116 Å². The summed E-state index contributed by atoms with van der Waals surface area (Å²) in [6.45, 7) is 3.81. The van der Waals surface area contributed by atoms with Crippen LogP contribution in [-0.4, -0.2) is 83.7 Å². The lowest BCUT2D eigenvalue weighted by atomic mass is 9.89. The zero-order valence-electron chi connectivity index (χ0n) is 23.3. The molecule has 0 spiro atoms. The van der Waals surface area contributed by atoms with Gasteiger partial charge in [-0.3, -0.25) is 4.79 Å². The highest BCUT2D eigenvalue weighted by Gasteiger charge is 2.30. The molecule has 2 fully saturated rings. The number of aromatic nitrogens is 3. The predicted octanol–water partition coefficient (Wildman–Crippen LogP) is 3.98. The van der Waals surface area contributed by atoms with E-state index in [-0.39, 0.29) is 17.8 Å². The van der Waals surface area contributed by atoms with E-state index in [9.17, 15) is 13.2 Å². The SMILES string of the molecule is CC(=O)OC1CCN(C2CCC(Nc3nccc(-n4ccc5c(OCCCS(C)(=O)=O)cccc54)n3)CC2)CC1. The highest BCUT2D eigenvalue weighted by molar-refractivity contribution is 7.90. The van der Waals surface area contributed by atoms with E-state index in [1.165, 1.54) is 13.2 Å². The molecule has 216 valence electrons. The molecule has 1 aliphatic heterocycles. The third kappa shape index (κ3) is 7.31. The van der Waals surface area contributed by atoms with Crippen LogP contribution in [0.1, 0.15) is 51.9 Å². The summed E-state index contributed by atoms with van der Waals surface area (Å²) in [5.74, 6) is 2.05. The van der Waals surface area contributed by atoms with Gasteiger partial charge >= 0.3 is 5.97 Å². The van der Waals surface area contributed by atoms with Crippen molar-refractivity contribution in [2.24, 2.45) is 0 Å². The second kappa shape index (κ2) is 12.6. The summed E-state index contributed by atoms with van der Waals surface area (Å²) in [6, 6.07) is 10.6. The second-order valence-electron chi connectivity index (χ2n) is 10.9. The number of nitrogens with zero attached hydrogens (tertiary/aromatic N) is 4. The molecule has 5 rings (SSSR count). The molecule has 3 heterocycles. The molecular weight excluding hydrogens is 530 g/mol. The van der Waals surface area contributed by atoms with E-state index < -0.39 is 9.84 Å². The summed E-state index contributed by atoms with van der Waals surface area (Å²) in [5.41, 5.74) is 0.961. The van der Waals surface area contributed by atoms with Gasteiger partial charge in [-0.2, -0.15) is 4.98 Å². The van der Waals surface area contributed by atoms with E-state index in [2.05, 4.69) is 15.2 Å². The Hall–Kier alpha value is -3.18. The van der Waals surface area contributed by atoms with Crippen LogP contribution in [-0.2, 0) is 19.4 Å². The fourth-order valence-corrected chi connectivity index (χ4v) is 6.52. The summed E-state index contributed by atoms with van der Waals surface area (Å²) < 4.78 is 36.1. The molecule has 0 radical (unpaired) electrons. The molecule has 1 saturated carbocycles. The largest absolute Gasteiger partial charge is 0.493 e. The van der Waals surface area contributed by atoms with Crippen LogP contribution < -0.4 is 10.1 Å². The number of fused-ring (bicyclic) bond motifs is 1. The van der Waals surface area contributed by atoms with Crippen molar-refractivity contribution in [3.8, 4) is 11.6 Å². The Balaban J connectivity index is 1.16. The Bertz CT molecular complexity index is 1410. The summed E-state index contributed by atoms with van der Waals surface area (Å²) in [5, 5.41) is 4.51. The van der Waals surface area contributed by atoms with Gasteiger partial charge in [0.1, 0.15) is 27.5 Å². The number of carbonyl (C=O) groups is 1. The molecule has 0 unspecified atom stereocenters. The average molecular weight is 570 g/mol. The first kappa shape index (κ1) is 28.4. The molecule has 1 aromatic carbocycles. The number of hydrogen-bond acceptors (Lipinski definition) is 9. The maximum atomic E-state index is 11.4. The first-order valence-corrected chi connectivity index (χ1v) is 16.2. The monoisotopic (exact) mass is 569 g/mol. The first-order chi connectivity index (χ1) is 19.2. The standard InChI is InChI=1S/C29H39N5O5S/c1-21(35)39-24-12-16-33(17-13-24)23-9-7-22(8-10-23)31-29-30-15-11-28(32-29)34-18-14-25-26(34)5-3-6-27(25)38-19-4-20-40(2,36)37/h3,5-6,11,14-15,18,22-24H,4,7-10,12-13,16-17,19-20H2,1-2H3,(H,30,31,32). The van der Waals surface area contributed by atoms with Crippen molar-refractivity contribution in [3.63, 3.8) is 0 Å². The number of anilines is 1. The van der Waals surface area contributed by atoms with Gasteiger partial charge in [0.05, 0.1) is 17.9 Å². The van der Waals surface area contributed by atoms with Crippen molar-refractivity contribution in [1.82, 2.24) is 19.4 Å². The Labute approximate surface area is 236 Å². The Kier molecular flexibility index (Phi) is 8.90. The van der Waals surface area contributed by atoms with Crippen molar-refractivity contribution in [2.45, 2.75) is 70.1 Å². The number of nitrogens with one attached hydrogen (secondary N) is 1. The number of likely N-dealkylation sites (tertiary alicyclic amines) is 1. The Morgan fingerprint density at radius 3 is 2.58 bits per heavy atom. The van der Waals surface area contributed by atoms with Crippen molar-refractivity contribution in [3.05, 3.63) is 42.7 Å². The second-order valence-corrected chi connectivity index (χ2v) is 13.2. The molecule has 40 heavy (non-hydrogen) atoms. The van der Waals surface area contributed by atoms with Gasteiger partial charge < -0.3 is 24.3 Å². The van der Waals surface area contributed by atoms with E-state index in [4.69, 9.17) is 14.5 Å². The minimum atomic E-state index is -3.00. The normalized spacial score (nSPS) is 20.9. The van der Waals surface area contributed by atoms with Crippen LogP contribution in [0, 0.1) is 0 Å². The van der Waals surface area contributed by atoms with E-state index in [1.54, 1.807) is 6.20 Å². The molecule has 2 aliphatic rings. The molecule has 1 N–H and O–H groups in total. The first-order valence-electron chi connectivity index (χ1n) is 14.2. The van der Waals surface area contributed by atoms with E-state index in [0.717, 1.165) is 74.1 Å². The van der Waals surface area contributed by atoms with Gasteiger partial charge in [-0.25, -0.2) is 13.4 Å². The minimum absolute atomic E-state index is 0.0691. The number of sulfone groups is 1. The van der Waals surface area contributed by atoms with Crippen LogP contribution in [0.4, 0.5) is 5.95 Å². The molecule has 10 nitrogen and oxygen atoms in total. The Morgan fingerprint density at radius 1 is 1.07 bits per heavy atom. The van der Waals surface area contributed by atoms with Gasteiger partial charge in [0.25, 0.3) is 0 Å². The lowest BCUT2D eigenvalue weighted by molar-refractivity contribution is -0.148. The van der Waals surface area contributed by atoms with Gasteiger partial charge in [0, 0.05) is 56.1 Å². The molecule has 0 amide bonds. The van der Waals surface area contributed by atoms with Gasteiger partial charge in [-0.1, -0.05) is 6.07 Å². The van der Waals surface area contributed by atoms with Crippen LogP contribution in [0.15, 0.2) is 42.7 Å². The molecular formula is C29H39N5O5S. The summed E-state index contributed by atoms with van der Waals surface area (Å²) in [6.07, 6.45) is 11.7. The number of esters is 1. The van der Waals surface area contributed by atoms with Crippen LogP contribution in [0.5, 0.6) is 5.75 Å². The van der Waals surface area contributed by atoms with Crippen LogP contribution >= 0.6 is 0 Å². The lowest BCUT2D eigenvalue weighted by Gasteiger charge is -2.40. The molecule has 0 bridgehead atoms. The number of carbonyl (C=O) groups excluding carboxylic acids is 1. The van der Waals surface area contributed by atoms with Crippen molar-refractivity contribution < 1.29 is 22.7 Å². The van der Waals surface area contributed by atoms with Crippen molar-refractivity contribution >= 4 is 32.7 Å². The molecule has 2 aromatic heterocycles. The number of hydrogen-bond donors (Lipinski definition) is 1. The summed E-state index contributed by atoms with van der Waals surface area (Å²) in [4.78, 5) is 23.1. The fourth-order valence-electron chi connectivity index (χ4n) is 5.88. The van der Waals surface area contributed by atoms with Gasteiger partial charge in [0.2, 0.25) is 5.95 Å². The maximum absolute atomic E-state index is 11.4. The van der Waals surface area contributed by atoms with Gasteiger partial charge in [-0.15, -0.1) is 0 Å². The van der Waals surface area contributed by atoms with E-state index >= 15 is 0 Å². The van der Waals surface area contributed by atoms with E-state index in [1.807, 2.05) is 41.1 Å². The van der Waals surface area contributed by atoms with Crippen LogP contribution in [0.25, 0.3) is 16.7 Å². The number of rotatable bonds is 10. The number of benzene rings is 1. The third-order valence-corrected chi connectivity index (χ3v) is 8.88. The number of piperidine rings is 1. The lowest BCUT2D eigenvalue weighted by Crippen LogP contribution is -2.46. The Morgan fingerprint density at radius 2 is 1.85 bits per heavy atom. The summed E-state index contributed by atoms with van der Waals surface area (Å²) in [7, 11) is -3.00. The molecule has 0 atom stereocenters. The van der Waals surface area contributed by atoms with Crippen molar-refractivity contribution in [2.75, 3.05) is 37.0 Å². The predicted molar refractivity (Wildman–Crippen MR) is 155 cm³/mol. The van der Waals surface area contributed by atoms with Gasteiger partial charge in [-0.05, 0) is 69.2 Å². The minimum Gasteiger partial charge on any atom is -0.493 e. The number of ether oxygens (including phenoxy) is 2. The summed E-state index contributed by atoms with van der Waals surface area (Å²) >= 11 is 0. The molecule has 11 heteroatoms. The zero-order chi connectivity index (χ0) is 28.1. The smallest absolute Gasteiger partial charge is 0.302 e. The quantitative estimate of drug-likeness (QED) is 0.286. The van der Waals surface area contributed by atoms with Gasteiger partial charge in [0.15, 0.2) is 0 Å². The molecule has 3 aromatic rings. The highest BCUT2D eigenvalue weighted by Crippen LogP contribution is 2.30. The maximum Gasteiger partial charge on any atom is 0.302 e.